The van der Waals surface area contributed by atoms with Crippen molar-refractivity contribution >= 4 is 44.7 Å². The van der Waals surface area contributed by atoms with E-state index < -0.39 is 23.0 Å². The van der Waals surface area contributed by atoms with Crippen molar-refractivity contribution in [2.45, 2.75) is 20.0 Å². The molecule has 10 heteroatoms. The number of amides is 1. The zero-order valence-electron chi connectivity index (χ0n) is 17.5. The molecule has 0 saturated carbocycles. The third kappa shape index (κ3) is 4.84. The largest absolute Gasteiger partial charge is 0.494 e. The Morgan fingerprint density at radius 3 is 2.73 bits per heavy atom. The van der Waals surface area contributed by atoms with Gasteiger partial charge in [0, 0.05) is 0 Å². The number of benzene rings is 2. The Kier molecular flexibility index (Phi) is 6.62. The molecule has 0 unspecified atom stereocenters. The highest BCUT2D eigenvalue weighted by Crippen LogP contribution is 2.23. The number of nitrogens with zero attached hydrogens (tertiary/aromatic N) is 2. The molecule has 33 heavy (non-hydrogen) atoms. The number of ether oxygens (including phenoxy) is 1. The van der Waals surface area contributed by atoms with Crippen molar-refractivity contribution in [1.82, 2.24) is 9.13 Å². The SMILES string of the molecule is CCOc1cccc(Cn2c(=O)c3sccc3n(CC(=O)Nc3ccc(F)cc3Cl)c2=O)c1. The van der Waals surface area contributed by atoms with Crippen molar-refractivity contribution in [1.29, 1.82) is 0 Å². The number of aromatic nitrogens is 2. The van der Waals surface area contributed by atoms with E-state index in [1.165, 1.54) is 28.0 Å². The smallest absolute Gasteiger partial charge is 0.332 e. The van der Waals surface area contributed by atoms with E-state index >= 15 is 0 Å². The van der Waals surface area contributed by atoms with E-state index in [9.17, 15) is 18.8 Å². The van der Waals surface area contributed by atoms with Gasteiger partial charge in [0.15, 0.2) is 0 Å². The van der Waals surface area contributed by atoms with Gasteiger partial charge in [0.2, 0.25) is 5.91 Å². The number of fused-ring (bicyclic) bond motifs is 1. The molecule has 7 nitrogen and oxygen atoms in total. The third-order valence-electron chi connectivity index (χ3n) is 4.89. The fourth-order valence-electron chi connectivity index (χ4n) is 3.43. The van der Waals surface area contributed by atoms with Crippen LogP contribution in [0.25, 0.3) is 10.2 Å². The standard InChI is InChI=1S/C23H19ClFN3O4S/c1-2-32-16-5-3-4-14(10-16)12-28-22(30)21-19(8-9-33-21)27(23(28)31)13-20(29)26-18-7-6-15(25)11-17(18)24/h3-11H,2,12-13H2,1H3,(H,26,29). The van der Waals surface area contributed by atoms with Gasteiger partial charge in [0.25, 0.3) is 5.56 Å². The predicted octanol–water partition coefficient (Wildman–Crippen LogP) is 4.10. The van der Waals surface area contributed by atoms with Crippen molar-refractivity contribution in [2.24, 2.45) is 0 Å². The Balaban J connectivity index is 1.69. The predicted molar refractivity (Wildman–Crippen MR) is 127 cm³/mol. The van der Waals surface area contributed by atoms with Crippen molar-refractivity contribution in [3.05, 3.63) is 91.2 Å². The van der Waals surface area contributed by atoms with Gasteiger partial charge in [0.1, 0.15) is 22.8 Å². The summed E-state index contributed by atoms with van der Waals surface area (Å²) in [6.07, 6.45) is 0. The molecular weight excluding hydrogens is 469 g/mol. The molecule has 0 saturated heterocycles. The second-order valence-electron chi connectivity index (χ2n) is 7.15. The van der Waals surface area contributed by atoms with E-state index in [-0.39, 0.29) is 23.8 Å². The molecule has 2 aromatic heterocycles. The van der Waals surface area contributed by atoms with Gasteiger partial charge in [-0.3, -0.25) is 18.7 Å². The number of nitrogens with one attached hydrogen (secondary N) is 1. The minimum absolute atomic E-state index is 0.0256. The van der Waals surface area contributed by atoms with Crippen molar-refractivity contribution in [3.63, 3.8) is 0 Å². The van der Waals surface area contributed by atoms with Crippen LogP contribution in [0.15, 0.2) is 63.5 Å². The Morgan fingerprint density at radius 1 is 1.15 bits per heavy atom. The Labute approximate surface area is 196 Å². The van der Waals surface area contributed by atoms with Crippen LogP contribution in [-0.2, 0) is 17.9 Å². The van der Waals surface area contributed by atoms with Crippen LogP contribution in [0.5, 0.6) is 5.75 Å². The highest BCUT2D eigenvalue weighted by molar-refractivity contribution is 7.17. The summed E-state index contributed by atoms with van der Waals surface area (Å²) in [4.78, 5) is 39.0. The van der Waals surface area contributed by atoms with Crippen molar-refractivity contribution in [2.75, 3.05) is 11.9 Å². The molecule has 2 aromatic carbocycles. The molecule has 2 heterocycles. The summed E-state index contributed by atoms with van der Waals surface area (Å²) >= 11 is 7.18. The molecule has 0 aliphatic heterocycles. The topological polar surface area (TPSA) is 82.3 Å². The van der Waals surface area contributed by atoms with Crippen LogP contribution in [0, 0.1) is 5.82 Å². The van der Waals surface area contributed by atoms with Gasteiger partial charge < -0.3 is 10.1 Å². The minimum atomic E-state index is -0.618. The number of carbonyl (C=O) groups is 1. The van der Waals surface area contributed by atoms with Crippen LogP contribution in [0.3, 0.4) is 0 Å². The second-order valence-corrected chi connectivity index (χ2v) is 8.47. The van der Waals surface area contributed by atoms with Gasteiger partial charge in [-0.05, 0) is 54.3 Å². The normalized spacial score (nSPS) is 11.0. The summed E-state index contributed by atoms with van der Waals surface area (Å²) in [5.74, 6) is -0.438. The number of anilines is 1. The van der Waals surface area contributed by atoms with Crippen LogP contribution in [0.4, 0.5) is 10.1 Å². The summed E-state index contributed by atoms with van der Waals surface area (Å²) in [6, 6.07) is 12.3. The number of rotatable bonds is 7. The molecule has 1 N–H and O–H groups in total. The first-order valence-electron chi connectivity index (χ1n) is 10.0. The van der Waals surface area contributed by atoms with Gasteiger partial charge in [0.05, 0.1) is 29.4 Å². The lowest BCUT2D eigenvalue weighted by Gasteiger charge is -2.13. The van der Waals surface area contributed by atoms with Gasteiger partial charge in [-0.25, -0.2) is 9.18 Å². The number of halogens is 2. The number of carbonyl (C=O) groups excluding carboxylic acids is 1. The highest BCUT2D eigenvalue weighted by atomic mass is 35.5. The molecule has 0 aliphatic carbocycles. The van der Waals surface area contributed by atoms with Crippen LogP contribution < -0.4 is 21.3 Å². The van der Waals surface area contributed by atoms with Crippen molar-refractivity contribution in [3.8, 4) is 5.75 Å². The maximum Gasteiger partial charge on any atom is 0.332 e. The summed E-state index contributed by atoms with van der Waals surface area (Å²) < 4.78 is 21.5. The molecule has 4 aromatic rings. The third-order valence-corrected chi connectivity index (χ3v) is 6.10. The molecule has 4 rings (SSSR count). The molecule has 0 aliphatic rings. The van der Waals surface area contributed by atoms with E-state index in [1.54, 1.807) is 35.7 Å². The van der Waals surface area contributed by atoms with Gasteiger partial charge >= 0.3 is 5.69 Å². The van der Waals surface area contributed by atoms with E-state index in [0.29, 0.717) is 28.1 Å². The van der Waals surface area contributed by atoms with E-state index in [2.05, 4.69) is 5.32 Å². The first kappa shape index (κ1) is 22.8. The minimum Gasteiger partial charge on any atom is -0.494 e. The first-order chi connectivity index (χ1) is 15.9. The molecule has 1 amide bonds. The molecule has 0 radical (unpaired) electrons. The van der Waals surface area contributed by atoms with E-state index in [4.69, 9.17) is 16.3 Å². The fraction of sp³-hybridized carbons (Fsp3) is 0.174. The molecule has 0 spiro atoms. The van der Waals surface area contributed by atoms with Crippen LogP contribution in [0.1, 0.15) is 12.5 Å². The van der Waals surface area contributed by atoms with Gasteiger partial charge in [-0.1, -0.05) is 23.7 Å². The average Bonchev–Trinajstić information content (AvgIpc) is 3.27. The van der Waals surface area contributed by atoms with Crippen molar-refractivity contribution < 1.29 is 13.9 Å². The number of thiophene rings is 1. The maximum atomic E-state index is 13.3. The zero-order valence-corrected chi connectivity index (χ0v) is 19.1. The summed E-state index contributed by atoms with van der Waals surface area (Å²) in [6.45, 7) is 2.03. The maximum absolute atomic E-state index is 13.3. The molecule has 0 fully saturated rings. The van der Waals surface area contributed by atoms with Crippen LogP contribution in [-0.4, -0.2) is 21.6 Å². The zero-order chi connectivity index (χ0) is 23.5. The first-order valence-corrected chi connectivity index (χ1v) is 11.3. The molecule has 0 atom stereocenters. The van der Waals surface area contributed by atoms with E-state index in [0.717, 1.165) is 10.6 Å². The summed E-state index contributed by atoms with van der Waals surface area (Å²) in [5.41, 5.74) is 0.261. The van der Waals surface area contributed by atoms with Gasteiger partial charge in [-0.15, -0.1) is 11.3 Å². The summed E-state index contributed by atoms with van der Waals surface area (Å²) in [5, 5.41) is 4.31. The monoisotopic (exact) mass is 487 g/mol. The van der Waals surface area contributed by atoms with Crippen LogP contribution in [0.2, 0.25) is 5.02 Å². The number of hydrogen-bond donors (Lipinski definition) is 1. The lowest BCUT2D eigenvalue weighted by molar-refractivity contribution is -0.116. The quantitative estimate of drug-likeness (QED) is 0.425. The van der Waals surface area contributed by atoms with E-state index in [1.807, 2.05) is 6.92 Å². The fourth-order valence-corrected chi connectivity index (χ4v) is 4.49. The Bertz CT molecular complexity index is 1460. The average molecular weight is 488 g/mol. The lowest BCUT2D eigenvalue weighted by Crippen LogP contribution is -2.41. The highest BCUT2D eigenvalue weighted by Gasteiger charge is 2.17. The second kappa shape index (κ2) is 9.60. The Morgan fingerprint density at radius 2 is 1.97 bits per heavy atom. The molecule has 170 valence electrons. The lowest BCUT2D eigenvalue weighted by atomic mass is 10.2. The molecular formula is C23H19ClFN3O4S. The number of hydrogen-bond acceptors (Lipinski definition) is 5. The van der Waals surface area contributed by atoms with Crippen LogP contribution >= 0.6 is 22.9 Å². The molecule has 0 bridgehead atoms. The summed E-state index contributed by atoms with van der Waals surface area (Å²) in [7, 11) is 0. The Hall–Kier alpha value is -3.43. The van der Waals surface area contributed by atoms with Gasteiger partial charge in [-0.2, -0.15) is 0 Å².